The second-order valence-electron chi connectivity index (χ2n) is 8.69. The van der Waals surface area contributed by atoms with Crippen LogP contribution in [-0.4, -0.2) is 34.9 Å². The molecule has 0 fully saturated rings. The smallest absolute Gasteiger partial charge is 0.242 e. The van der Waals surface area contributed by atoms with Crippen LogP contribution in [0.15, 0.2) is 54.6 Å². The standard InChI is InChI=1S/C25H34N2O3/c1-19-13-15-21(16-14-19)18-27(20(2)24(29)26-25(3,4)5)23(28)12-9-17-30-22-10-7-6-8-11-22/h6-8,10-11,13-16,20H,9,12,17-18H2,1-5H3,(H,26,29)/t20-/m0/s1. The molecule has 2 rings (SSSR count). The molecular formula is C25H34N2O3. The van der Waals surface area contributed by atoms with E-state index in [2.05, 4.69) is 5.32 Å². The van der Waals surface area contributed by atoms with Gasteiger partial charge in [-0.3, -0.25) is 9.59 Å². The highest BCUT2D eigenvalue weighted by atomic mass is 16.5. The highest BCUT2D eigenvalue weighted by molar-refractivity contribution is 5.87. The summed E-state index contributed by atoms with van der Waals surface area (Å²) >= 11 is 0. The molecule has 2 amide bonds. The molecule has 1 N–H and O–H groups in total. The molecule has 0 aliphatic heterocycles. The Morgan fingerprint density at radius 2 is 1.67 bits per heavy atom. The number of aryl methyl sites for hydroxylation is 1. The first-order valence-corrected chi connectivity index (χ1v) is 10.5. The Labute approximate surface area is 180 Å². The molecule has 0 spiro atoms. The lowest BCUT2D eigenvalue weighted by molar-refractivity contribution is -0.141. The van der Waals surface area contributed by atoms with Crippen LogP contribution in [0.1, 0.15) is 51.7 Å². The van der Waals surface area contributed by atoms with Crippen LogP contribution in [0.25, 0.3) is 0 Å². The molecule has 162 valence electrons. The largest absolute Gasteiger partial charge is 0.494 e. The summed E-state index contributed by atoms with van der Waals surface area (Å²) in [4.78, 5) is 27.4. The average Bonchev–Trinajstić information content (AvgIpc) is 2.69. The van der Waals surface area contributed by atoms with Crippen molar-refractivity contribution in [1.29, 1.82) is 0 Å². The number of carbonyl (C=O) groups is 2. The number of hydrogen-bond acceptors (Lipinski definition) is 3. The minimum atomic E-state index is -0.562. The van der Waals surface area contributed by atoms with Gasteiger partial charge in [-0.05, 0) is 58.7 Å². The maximum absolute atomic E-state index is 13.0. The molecule has 5 heteroatoms. The van der Waals surface area contributed by atoms with Crippen molar-refractivity contribution in [3.05, 3.63) is 65.7 Å². The third kappa shape index (κ3) is 7.90. The molecule has 0 aromatic heterocycles. The monoisotopic (exact) mass is 410 g/mol. The molecule has 0 unspecified atom stereocenters. The number of ether oxygens (including phenoxy) is 1. The van der Waals surface area contributed by atoms with Crippen LogP contribution in [-0.2, 0) is 16.1 Å². The van der Waals surface area contributed by atoms with Crippen LogP contribution in [0, 0.1) is 6.92 Å². The van der Waals surface area contributed by atoms with Crippen molar-refractivity contribution < 1.29 is 14.3 Å². The number of nitrogens with zero attached hydrogens (tertiary/aromatic N) is 1. The summed E-state index contributed by atoms with van der Waals surface area (Å²) in [5.74, 6) is 0.590. The molecule has 0 aliphatic carbocycles. The molecule has 2 aromatic carbocycles. The lowest BCUT2D eigenvalue weighted by Crippen LogP contribution is -2.52. The highest BCUT2D eigenvalue weighted by Crippen LogP contribution is 2.15. The maximum atomic E-state index is 13.0. The van der Waals surface area contributed by atoms with Gasteiger partial charge in [0.05, 0.1) is 6.61 Å². The Bertz CT molecular complexity index is 811. The fraction of sp³-hybridized carbons (Fsp3) is 0.440. The summed E-state index contributed by atoms with van der Waals surface area (Å²) in [6, 6.07) is 17.0. The van der Waals surface area contributed by atoms with Gasteiger partial charge < -0.3 is 15.0 Å². The van der Waals surface area contributed by atoms with Crippen molar-refractivity contribution >= 4 is 11.8 Å². The highest BCUT2D eigenvalue weighted by Gasteiger charge is 2.28. The molecule has 0 radical (unpaired) electrons. The number of amides is 2. The number of hydrogen-bond donors (Lipinski definition) is 1. The van der Waals surface area contributed by atoms with Gasteiger partial charge in [-0.2, -0.15) is 0 Å². The number of benzene rings is 2. The fourth-order valence-corrected chi connectivity index (χ4v) is 3.02. The molecular weight excluding hydrogens is 376 g/mol. The first-order valence-electron chi connectivity index (χ1n) is 10.5. The van der Waals surface area contributed by atoms with E-state index in [9.17, 15) is 9.59 Å². The third-order valence-electron chi connectivity index (χ3n) is 4.69. The van der Waals surface area contributed by atoms with E-state index in [1.165, 1.54) is 0 Å². The van der Waals surface area contributed by atoms with Gasteiger partial charge in [-0.15, -0.1) is 0 Å². The first kappa shape index (κ1) is 23.5. The van der Waals surface area contributed by atoms with Gasteiger partial charge in [0.25, 0.3) is 0 Å². The second-order valence-corrected chi connectivity index (χ2v) is 8.69. The predicted molar refractivity (Wildman–Crippen MR) is 120 cm³/mol. The van der Waals surface area contributed by atoms with Gasteiger partial charge in [0.15, 0.2) is 0 Å². The molecule has 2 aromatic rings. The molecule has 0 saturated heterocycles. The summed E-state index contributed by atoms with van der Waals surface area (Å²) in [7, 11) is 0. The minimum Gasteiger partial charge on any atom is -0.494 e. The summed E-state index contributed by atoms with van der Waals surface area (Å²) in [6.07, 6.45) is 0.914. The van der Waals surface area contributed by atoms with Crippen molar-refractivity contribution in [2.24, 2.45) is 0 Å². The average molecular weight is 411 g/mol. The molecule has 0 aliphatic rings. The summed E-state index contributed by atoms with van der Waals surface area (Å²) < 4.78 is 5.69. The lowest BCUT2D eigenvalue weighted by Gasteiger charge is -2.31. The van der Waals surface area contributed by atoms with Crippen LogP contribution in [0.5, 0.6) is 5.75 Å². The van der Waals surface area contributed by atoms with Crippen LogP contribution in [0.3, 0.4) is 0 Å². The topological polar surface area (TPSA) is 58.6 Å². The van der Waals surface area contributed by atoms with E-state index in [1.807, 2.05) is 82.3 Å². The van der Waals surface area contributed by atoms with E-state index in [1.54, 1.807) is 11.8 Å². The molecule has 0 saturated carbocycles. The number of nitrogens with one attached hydrogen (secondary N) is 1. The summed E-state index contributed by atoms with van der Waals surface area (Å²) in [5.41, 5.74) is 1.81. The van der Waals surface area contributed by atoms with Crippen molar-refractivity contribution in [1.82, 2.24) is 10.2 Å². The van der Waals surface area contributed by atoms with Crippen molar-refractivity contribution in [3.8, 4) is 5.75 Å². The Morgan fingerprint density at radius 1 is 1.03 bits per heavy atom. The fourth-order valence-electron chi connectivity index (χ4n) is 3.02. The van der Waals surface area contributed by atoms with E-state index < -0.39 is 6.04 Å². The Hall–Kier alpha value is -2.82. The van der Waals surface area contributed by atoms with E-state index in [4.69, 9.17) is 4.74 Å². The van der Waals surface area contributed by atoms with Gasteiger partial charge in [-0.1, -0.05) is 48.0 Å². The normalized spacial score (nSPS) is 12.2. The van der Waals surface area contributed by atoms with Crippen LogP contribution >= 0.6 is 0 Å². The maximum Gasteiger partial charge on any atom is 0.242 e. The van der Waals surface area contributed by atoms with E-state index in [0.29, 0.717) is 26.0 Å². The summed E-state index contributed by atoms with van der Waals surface area (Å²) in [5, 5.41) is 2.98. The van der Waals surface area contributed by atoms with Gasteiger partial charge in [0.2, 0.25) is 11.8 Å². The second kappa shape index (κ2) is 10.8. The van der Waals surface area contributed by atoms with E-state index in [-0.39, 0.29) is 17.4 Å². The zero-order chi connectivity index (χ0) is 22.1. The molecule has 5 nitrogen and oxygen atoms in total. The minimum absolute atomic E-state index is 0.0520. The van der Waals surface area contributed by atoms with Gasteiger partial charge in [0.1, 0.15) is 11.8 Å². The Kier molecular flexibility index (Phi) is 8.46. The SMILES string of the molecule is Cc1ccc(CN(C(=O)CCCOc2ccccc2)[C@@H](C)C(=O)NC(C)(C)C)cc1. The predicted octanol–water partition coefficient (Wildman–Crippen LogP) is 4.49. The molecule has 30 heavy (non-hydrogen) atoms. The van der Waals surface area contributed by atoms with Crippen molar-refractivity contribution in [3.63, 3.8) is 0 Å². The molecule has 1 atom stereocenters. The number of rotatable bonds is 9. The van der Waals surface area contributed by atoms with Gasteiger partial charge >= 0.3 is 0 Å². The van der Waals surface area contributed by atoms with E-state index >= 15 is 0 Å². The Morgan fingerprint density at radius 3 is 2.27 bits per heavy atom. The van der Waals surface area contributed by atoms with Crippen molar-refractivity contribution in [2.45, 2.75) is 65.6 Å². The summed E-state index contributed by atoms with van der Waals surface area (Å²) in [6.45, 7) is 10.5. The van der Waals surface area contributed by atoms with Crippen LogP contribution in [0.4, 0.5) is 0 Å². The lowest BCUT2D eigenvalue weighted by atomic mass is 10.1. The molecule has 0 bridgehead atoms. The quantitative estimate of drug-likeness (QED) is 0.620. The first-order chi connectivity index (χ1) is 14.2. The van der Waals surface area contributed by atoms with Gasteiger partial charge in [0, 0.05) is 18.5 Å². The Balaban J connectivity index is 2.02. The van der Waals surface area contributed by atoms with Crippen molar-refractivity contribution in [2.75, 3.05) is 6.61 Å². The third-order valence-corrected chi connectivity index (χ3v) is 4.69. The number of carbonyl (C=O) groups excluding carboxylic acids is 2. The number of para-hydroxylation sites is 1. The zero-order valence-electron chi connectivity index (χ0n) is 18.8. The van der Waals surface area contributed by atoms with Crippen LogP contribution < -0.4 is 10.1 Å². The van der Waals surface area contributed by atoms with Gasteiger partial charge in [-0.25, -0.2) is 0 Å². The van der Waals surface area contributed by atoms with E-state index in [0.717, 1.165) is 16.9 Å². The van der Waals surface area contributed by atoms with Crippen LogP contribution in [0.2, 0.25) is 0 Å². The molecule has 0 heterocycles. The zero-order valence-corrected chi connectivity index (χ0v) is 18.8.